The van der Waals surface area contributed by atoms with Crippen molar-refractivity contribution in [2.75, 3.05) is 40.3 Å². The molecule has 0 saturated carbocycles. The molecule has 6 heteroatoms. The van der Waals surface area contributed by atoms with E-state index in [1.165, 1.54) is 0 Å². The molecule has 3 amide bonds. The molecule has 0 spiro atoms. The number of carbonyl (C=O) groups is 2. The molecule has 1 aliphatic rings. The highest BCUT2D eigenvalue weighted by atomic mass is 16.2. The predicted octanol–water partition coefficient (Wildman–Crippen LogP) is 0.884. The van der Waals surface area contributed by atoms with Crippen LogP contribution in [0.4, 0.5) is 4.79 Å². The van der Waals surface area contributed by atoms with Crippen molar-refractivity contribution in [3.63, 3.8) is 0 Å². The molecule has 6 nitrogen and oxygen atoms in total. The van der Waals surface area contributed by atoms with Crippen LogP contribution in [0.2, 0.25) is 0 Å². The van der Waals surface area contributed by atoms with Crippen molar-refractivity contribution < 1.29 is 9.59 Å². The Hall–Kier alpha value is -1.30. The number of rotatable bonds is 6. The van der Waals surface area contributed by atoms with E-state index in [9.17, 15) is 9.59 Å². The lowest BCUT2D eigenvalue weighted by Gasteiger charge is -2.33. The first-order valence-corrected chi connectivity index (χ1v) is 7.90. The lowest BCUT2D eigenvalue weighted by Crippen LogP contribution is -2.50. The fraction of sp³-hybridized carbons (Fsp3) is 0.867. The minimum Gasteiger partial charge on any atom is -0.358 e. The van der Waals surface area contributed by atoms with Crippen LogP contribution in [0.5, 0.6) is 0 Å². The minimum atomic E-state index is 0.0139. The molecule has 1 atom stereocenters. The second-order valence-corrected chi connectivity index (χ2v) is 6.07. The zero-order chi connectivity index (χ0) is 15.8. The van der Waals surface area contributed by atoms with Crippen molar-refractivity contribution in [3.05, 3.63) is 0 Å². The Morgan fingerprint density at radius 3 is 2.48 bits per heavy atom. The van der Waals surface area contributed by atoms with Gasteiger partial charge in [-0.15, -0.1) is 0 Å². The van der Waals surface area contributed by atoms with Gasteiger partial charge in [-0.2, -0.15) is 0 Å². The Kier molecular flexibility index (Phi) is 7.50. The maximum Gasteiger partial charge on any atom is 0.317 e. The quantitative estimate of drug-likeness (QED) is 0.765. The summed E-state index contributed by atoms with van der Waals surface area (Å²) in [5, 5.41) is 5.73. The van der Waals surface area contributed by atoms with Crippen LogP contribution in [0.15, 0.2) is 0 Å². The Balaban J connectivity index is 2.28. The van der Waals surface area contributed by atoms with Gasteiger partial charge in [-0.25, -0.2) is 4.79 Å². The van der Waals surface area contributed by atoms with Gasteiger partial charge in [-0.3, -0.25) is 9.69 Å². The van der Waals surface area contributed by atoms with Gasteiger partial charge in [0.05, 0.1) is 6.54 Å². The first kappa shape index (κ1) is 17.8. The number of urea groups is 1. The van der Waals surface area contributed by atoms with Crippen LogP contribution < -0.4 is 10.6 Å². The molecule has 1 heterocycles. The number of piperidine rings is 1. The molecule has 1 aliphatic heterocycles. The number of carbonyl (C=O) groups excluding carboxylic acids is 2. The zero-order valence-corrected chi connectivity index (χ0v) is 13.8. The van der Waals surface area contributed by atoms with Crippen molar-refractivity contribution >= 4 is 11.9 Å². The second kappa shape index (κ2) is 8.87. The van der Waals surface area contributed by atoms with Crippen LogP contribution >= 0.6 is 0 Å². The monoisotopic (exact) mass is 298 g/mol. The van der Waals surface area contributed by atoms with Crippen LogP contribution in [0.3, 0.4) is 0 Å². The van der Waals surface area contributed by atoms with Crippen molar-refractivity contribution in [2.45, 2.75) is 39.2 Å². The Morgan fingerprint density at radius 1 is 1.33 bits per heavy atom. The van der Waals surface area contributed by atoms with Gasteiger partial charge in [0.25, 0.3) is 0 Å². The maximum absolute atomic E-state index is 12.1. The van der Waals surface area contributed by atoms with Crippen LogP contribution in [0.1, 0.15) is 33.1 Å². The summed E-state index contributed by atoms with van der Waals surface area (Å²) in [5.41, 5.74) is 0. The van der Waals surface area contributed by atoms with Gasteiger partial charge in [0, 0.05) is 39.8 Å². The summed E-state index contributed by atoms with van der Waals surface area (Å²) >= 11 is 0. The molecule has 1 saturated heterocycles. The average Bonchev–Trinajstić information content (AvgIpc) is 2.48. The molecule has 0 unspecified atom stereocenters. The molecule has 2 N–H and O–H groups in total. The van der Waals surface area contributed by atoms with E-state index in [2.05, 4.69) is 29.4 Å². The highest BCUT2D eigenvalue weighted by Gasteiger charge is 2.23. The van der Waals surface area contributed by atoms with Gasteiger partial charge < -0.3 is 15.5 Å². The molecule has 1 rings (SSSR count). The van der Waals surface area contributed by atoms with E-state index >= 15 is 0 Å². The molecule has 21 heavy (non-hydrogen) atoms. The molecule has 0 aliphatic carbocycles. The number of hydrogen-bond donors (Lipinski definition) is 2. The van der Waals surface area contributed by atoms with Crippen LogP contribution in [-0.4, -0.2) is 68.1 Å². The minimum absolute atomic E-state index is 0.0139. The Bertz CT molecular complexity index is 341. The molecule has 0 bridgehead atoms. The van der Waals surface area contributed by atoms with E-state index in [0.29, 0.717) is 12.5 Å². The van der Waals surface area contributed by atoms with E-state index in [-0.39, 0.29) is 18.0 Å². The van der Waals surface area contributed by atoms with E-state index in [0.717, 1.165) is 38.9 Å². The first-order valence-electron chi connectivity index (χ1n) is 7.90. The normalized spacial score (nSPS) is 18.1. The van der Waals surface area contributed by atoms with Crippen molar-refractivity contribution in [2.24, 2.45) is 5.92 Å². The molecular formula is C15H30N4O2. The van der Waals surface area contributed by atoms with Crippen molar-refractivity contribution in [1.29, 1.82) is 0 Å². The zero-order valence-electron chi connectivity index (χ0n) is 13.8. The van der Waals surface area contributed by atoms with Gasteiger partial charge in [0.15, 0.2) is 0 Å². The standard InChI is InChI=1S/C15H30N4O2/c1-5-12(2)10-18(4)15(21)17-13-6-8-19(9-7-13)11-14(20)16-3/h12-13H,5-11H2,1-4H3,(H,16,20)(H,17,21)/t12-/m0/s1. The molecule has 122 valence electrons. The van der Waals surface area contributed by atoms with Gasteiger partial charge >= 0.3 is 6.03 Å². The fourth-order valence-corrected chi connectivity index (χ4v) is 2.48. The van der Waals surface area contributed by atoms with E-state index < -0.39 is 0 Å². The smallest absolute Gasteiger partial charge is 0.317 e. The lowest BCUT2D eigenvalue weighted by molar-refractivity contribution is -0.122. The average molecular weight is 298 g/mol. The maximum atomic E-state index is 12.1. The third kappa shape index (κ3) is 6.33. The largest absolute Gasteiger partial charge is 0.358 e. The third-order valence-corrected chi connectivity index (χ3v) is 4.19. The molecule has 0 radical (unpaired) electrons. The summed E-state index contributed by atoms with van der Waals surface area (Å²) in [6, 6.07) is 0.234. The van der Waals surface area contributed by atoms with Crippen LogP contribution in [-0.2, 0) is 4.79 Å². The summed E-state index contributed by atoms with van der Waals surface area (Å²) in [6.07, 6.45) is 2.88. The van der Waals surface area contributed by atoms with E-state index in [1.54, 1.807) is 11.9 Å². The second-order valence-electron chi connectivity index (χ2n) is 6.07. The molecule has 0 aromatic carbocycles. The summed E-state index contributed by atoms with van der Waals surface area (Å²) in [5.74, 6) is 0.570. The van der Waals surface area contributed by atoms with E-state index in [4.69, 9.17) is 0 Å². The summed E-state index contributed by atoms with van der Waals surface area (Å²) in [4.78, 5) is 27.3. The highest BCUT2D eigenvalue weighted by molar-refractivity contribution is 5.77. The highest BCUT2D eigenvalue weighted by Crippen LogP contribution is 2.11. The SMILES string of the molecule is CC[C@H](C)CN(C)C(=O)NC1CCN(CC(=O)NC)CC1. The van der Waals surface area contributed by atoms with Crippen LogP contribution in [0, 0.1) is 5.92 Å². The van der Waals surface area contributed by atoms with Crippen molar-refractivity contribution in [1.82, 2.24) is 20.4 Å². The molecular weight excluding hydrogens is 268 g/mol. The topological polar surface area (TPSA) is 64.7 Å². The summed E-state index contributed by atoms with van der Waals surface area (Å²) in [6.45, 7) is 7.24. The number of likely N-dealkylation sites (N-methyl/N-ethyl adjacent to an activating group) is 1. The summed E-state index contributed by atoms with van der Waals surface area (Å²) < 4.78 is 0. The number of nitrogens with zero attached hydrogens (tertiary/aromatic N) is 2. The lowest BCUT2D eigenvalue weighted by atomic mass is 10.1. The number of amides is 3. The molecule has 0 aromatic rings. The first-order chi connectivity index (χ1) is 9.96. The van der Waals surface area contributed by atoms with Gasteiger partial charge in [-0.1, -0.05) is 20.3 Å². The third-order valence-electron chi connectivity index (χ3n) is 4.19. The predicted molar refractivity (Wildman–Crippen MR) is 84.1 cm³/mol. The van der Waals surface area contributed by atoms with Crippen molar-refractivity contribution in [3.8, 4) is 0 Å². The van der Waals surface area contributed by atoms with Gasteiger partial charge in [-0.05, 0) is 18.8 Å². The fourth-order valence-electron chi connectivity index (χ4n) is 2.48. The number of likely N-dealkylation sites (tertiary alicyclic amines) is 1. The van der Waals surface area contributed by atoms with Gasteiger partial charge in [0.2, 0.25) is 5.91 Å². The van der Waals surface area contributed by atoms with Crippen LogP contribution in [0.25, 0.3) is 0 Å². The summed E-state index contributed by atoms with van der Waals surface area (Å²) in [7, 11) is 3.50. The Labute approximate surface area is 128 Å². The Morgan fingerprint density at radius 2 is 1.95 bits per heavy atom. The van der Waals surface area contributed by atoms with Gasteiger partial charge in [0.1, 0.15) is 0 Å². The number of nitrogens with one attached hydrogen (secondary N) is 2. The number of hydrogen-bond acceptors (Lipinski definition) is 3. The molecule has 1 fully saturated rings. The molecule has 0 aromatic heterocycles. The van der Waals surface area contributed by atoms with E-state index in [1.807, 2.05) is 7.05 Å².